The highest BCUT2D eigenvalue weighted by Crippen LogP contribution is 2.38. The first-order chi connectivity index (χ1) is 39.4. The van der Waals surface area contributed by atoms with Gasteiger partial charge in [0.1, 0.15) is 19.3 Å². The summed E-state index contributed by atoms with van der Waals surface area (Å²) in [5.41, 5.74) is 0. The third kappa shape index (κ3) is 61.6. The van der Waals surface area contributed by atoms with Gasteiger partial charge in [-0.2, -0.15) is 0 Å². The topological polar surface area (TPSA) is 114 Å². The van der Waals surface area contributed by atoms with E-state index in [9.17, 15) is 19.0 Å². The van der Waals surface area contributed by atoms with Gasteiger partial charge in [-0.25, -0.2) is 0 Å². The number of allylic oxidation sites excluding steroid dienone is 13. The summed E-state index contributed by atoms with van der Waals surface area (Å²) < 4.78 is 30.4. The SMILES string of the molecule is CC/C=C/C/C=C/C/C=C/CCCCCCCCC(=O)NC(COP(=O)([O-])OCC[N+](C)(C)C)C(/C=C\CCCCCCCCCCCC)OC(=O)CCCCCCCCCCCCCCCC/C=C\C/C=C\C/C=C\CCCCC. The van der Waals surface area contributed by atoms with Crippen LogP contribution in [0, 0.1) is 0 Å². The Morgan fingerprint density at radius 2 is 0.790 bits per heavy atom. The molecule has 3 unspecified atom stereocenters. The first-order valence-electron chi connectivity index (χ1n) is 33.9. The molecule has 3 atom stereocenters. The van der Waals surface area contributed by atoms with Crippen molar-refractivity contribution in [3.05, 3.63) is 85.1 Å². The van der Waals surface area contributed by atoms with Crippen molar-refractivity contribution in [3.63, 3.8) is 0 Å². The number of esters is 1. The number of amides is 1. The number of rotatable bonds is 61. The highest BCUT2D eigenvalue weighted by molar-refractivity contribution is 7.45. The Hall–Kier alpha value is -2.81. The molecule has 0 aromatic rings. The summed E-state index contributed by atoms with van der Waals surface area (Å²) in [6.45, 7) is 6.71. The zero-order valence-corrected chi connectivity index (χ0v) is 54.6. The van der Waals surface area contributed by atoms with Gasteiger partial charge in [-0.15, -0.1) is 0 Å². The molecule has 1 amide bonds. The maximum absolute atomic E-state index is 13.5. The van der Waals surface area contributed by atoms with E-state index >= 15 is 0 Å². The molecule has 0 heterocycles. The first kappa shape index (κ1) is 78.2. The number of carbonyl (C=O) groups is 2. The van der Waals surface area contributed by atoms with Gasteiger partial charge < -0.3 is 28.5 Å². The highest BCUT2D eigenvalue weighted by Gasteiger charge is 2.27. The van der Waals surface area contributed by atoms with Gasteiger partial charge in [-0.3, -0.25) is 14.2 Å². The predicted molar refractivity (Wildman–Crippen MR) is 348 cm³/mol. The quantitative estimate of drug-likeness (QED) is 0.0212. The number of likely N-dealkylation sites (N-methyl/N-ethyl adjacent to an activating group) is 1. The van der Waals surface area contributed by atoms with Gasteiger partial charge in [-0.1, -0.05) is 273 Å². The number of hydrogen-bond donors (Lipinski definition) is 1. The van der Waals surface area contributed by atoms with Crippen molar-refractivity contribution in [3.8, 4) is 0 Å². The van der Waals surface area contributed by atoms with Gasteiger partial charge in [0, 0.05) is 12.8 Å². The fourth-order valence-electron chi connectivity index (χ4n) is 9.60. The molecule has 0 spiro atoms. The summed E-state index contributed by atoms with van der Waals surface area (Å²) in [6.07, 6.45) is 79.9. The van der Waals surface area contributed by atoms with E-state index in [4.69, 9.17) is 13.8 Å². The van der Waals surface area contributed by atoms with E-state index in [0.717, 1.165) is 116 Å². The molecule has 0 aliphatic heterocycles. The molecule has 0 rings (SSSR count). The summed E-state index contributed by atoms with van der Waals surface area (Å²) in [5, 5.41) is 3.03. The molecule has 9 nitrogen and oxygen atoms in total. The second-order valence-electron chi connectivity index (χ2n) is 23.9. The minimum absolute atomic E-state index is 0.0275. The summed E-state index contributed by atoms with van der Waals surface area (Å²) in [7, 11) is 1.17. The lowest BCUT2D eigenvalue weighted by molar-refractivity contribution is -0.870. The van der Waals surface area contributed by atoms with Crippen LogP contribution in [-0.4, -0.2) is 69.4 Å². The average molecular weight is 1150 g/mol. The van der Waals surface area contributed by atoms with Gasteiger partial charge in [0.2, 0.25) is 5.91 Å². The number of quaternary nitrogens is 1. The number of unbranched alkanes of at least 4 members (excludes halogenated alkanes) is 33. The van der Waals surface area contributed by atoms with E-state index in [2.05, 4.69) is 99.0 Å². The van der Waals surface area contributed by atoms with Crippen molar-refractivity contribution >= 4 is 19.7 Å². The second kappa shape index (κ2) is 60.3. The third-order valence-corrected chi connectivity index (χ3v) is 15.8. The average Bonchev–Trinajstić information content (AvgIpc) is 3.44. The highest BCUT2D eigenvalue weighted by atomic mass is 31.2. The van der Waals surface area contributed by atoms with Gasteiger partial charge >= 0.3 is 5.97 Å². The molecule has 0 radical (unpaired) electrons. The minimum Gasteiger partial charge on any atom is -0.756 e. The van der Waals surface area contributed by atoms with E-state index in [1.807, 2.05) is 33.3 Å². The Bertz CT molecular complexity index is 1660. The Morgan fingerprint density at radius 3 is 1.21 bits per heavy atom. The zero-order chi connectivity index (χ0) is 59.3. The molecule has 10 heteroatoms. The first-order valence-corrected chi connectivity index (χ1v) is 35.4. The fraction of sp³-hybridized carbons (Fsp3) is 0.775. The van der Waals surface area contributed by atoms with Crippen LogP contribution in [0.5, 0.6) is 0 Å². The van der Waals surface area contributed by atoms with Gasteiger partial charge in [0.15, 0.2) is 0 Å². The largest absolute Gasteiger partial charge is 0.756 e. The van der Waals surface area contributed by atoms with E-state index in [0.29, 0.717) is 17.4 Å². The van der Waals surface area contributed by atoms with Crippen LogP contribution in [-0.2, 0) is 27.9 Å². The van der Waals surface area contributed by atoms with Crippen LogP contribution in [0.2, 0.25) is 0 Å². The molecular weight excluding hydrogens is 1020 g/mol. The van der Waals surface area contributed by atoms with Crippen molar-refractivity contribution in [2.75, 3.05) is 40.9 Å². The summed E-state index contributed by atoms with van der Waals surface area (Å²) in [5.74, 6) is -0.553. The molecule has 0 aromatic carbocycles. The second-order valence-corrected chi connectivity index (χ2v) is 25.4. The van der Waals surface area contributed by atoms with E-state index in [1.165, 1.54) is 154 Å². The van der Waals surface area contributed by atoms with Crippen LogP contribution in [0.1, 0.15) is 303 Å². The van der Waals surface area contributed by atoms with Crippen LogP contribution in [0.15, 0.2) is 85.1 Å². The Kier molecular flexibility index (Phi) is 58.2. The summed E-state index contributed by atoms with van der Waals surface area (Å²) >= 11 is 0. The number of nitrogens with one attached hydrogen (secondary N) is 1. The third-order valence-electron chi connectivity index (χ3n) is 14.8. The molecular formula is C71H129N2O7P. The van der Waals surface area contributed by atoms with E-state index in [1.54, 1.807) is 0 Å². The van der Waals surface area contributed by atoms with Crippen LogP contribution < -0.4 is 10.2 Å². The number of ether oxygens (including phenoxy) is 1. The fourth-order valence-corrected chi connectivity index (χ4v) is 10.3. The van der Waals surface area contributed by atoms with Crippen LogP contribution >= 0.6 is 7.82 Å². The molecule has 0 saturated heterocycles. The summed E-state index contributed by atoms with van der Waals surface area (Å²) in [6, 6.07) is -0.899. The Labute approximate surface area is 501 Å². The monoisotopic (exact) mass is 1150 g/mol. The molecule has 0 fully saturated rings. The number of nitrogens with zero attached hydrogens (tertiary/aromatic N) is 1. The molecule has 470 valence electrons. The number of carbonyl (C=O) groups excluding carboxylic acids is 2. The summed E-state index contributed by atoms with van der Waals surface area (Å²) in [4.78, 5) is 40.1. The molecule has 0 aliphatic rings. The molecule has 1 N–H and O–H groups in total. The Balaban J connectivity index is 5.06. The number of phosphoric acid groups is 1. The van der Waals surface area contributed by atoms with Crippen LogP contribution in [0.25, 0.3) is 0 Å². The van der Waals surface area contributed by atoms with E-state index in [-0.39, 0.29) is 24.9 Å². The maximum Gasteiger partial charge on any atom is 0.306 e. The standard InChI is InChI=1S/C71H129N2O7P/c1-7-10-13-16-19-22-25-28-30-32-33-34-35-36-37-38-39-40-41-42-44-46-49-52-55-58-61-64-71(75)80-69(62-59-56-53-50-47-27-24-21-18-15-12-9-3)68(67-79-81(76,77)78-66-65-73(4,5)6)72-70(74)63-60-57-54-51-48-45-43-31-29-26-23-20-17-14-11-8-2/h11,14,19-20,22-23,28-31,33-34,59,62,68-69H,7-10,12-13,15-18,21,24-27,32,35-58,60-61,63-67H2,1-6H3,(H-,72,74,76,77)/b14-11+,22-19-,23-20+,30-28-,31-29+,34-33-,62-59-. The van der Waals surface area contributed by atoms with Crippen molar-refractivity contribution in [2.45, 2.75) is 315 Å². The lowest BCUT2D eigenvalue weighted by Gasteiger charge is -2.30. The lowest BCUT2D eigenvalue weighted by Crippen LogP contribution is -2.47. The lowest BCUT2D eigenvalue weighted by atomic mass is 10.0. The van der Waals surface area contributed by atoms with Crippen LogP contribution in [0.4, 0.5) is 0 Å². The van der Waals surface area contributed by atoms with Crippen molar-refractivity contribution in [1.82, 2.24) is 5.32 Å². The van der Waals surface area contributed by atoms with Crippen molar-refractivity contribution in [1.29, 1.82) is 0 Å². The Morgan fingerprint density at radius 1 is 0.444 bits per heavy atom. The van der Waals surface area contributed by atoms with E-state index < -0.39 is 26.6 Å². The molecule has 0 aliphatic carbocycles. The smallest absolute Gasteiger partial charge is 0.306 e. The predicted octanol–water partition coefficient (Wildman–Crippen LogP) is 20.7. The van der Waals surface area contributed by atoms with Gasteiger partial charge in [0.05, 0.1) is 33.8 Å². The molecule has 0 saturated carbocycles. The normalized spacial score (nSPS) is 14.1. The molecule has 81 heavy (non-hydrogen) atoms. The maximum atomic E-state index is 13.5. The minimum atomic E-state index is -4.71. The van der Waals surface area contributed by atoms with Crippen molar-refractivity contribution < 1.29 is 37.3 Å². The van der Waals surface area contributed by atoms with Gasteiger partial charge in [-0.05, 0) is 102 Å². The number of phosphoric ester groups is 1. The van der Waals surface area contributed by atoms with Gasteiger partial charge in [0.25, 0.3) is 7.82 Å². The molecule has 0 bridgehead atoms. The van der Waals surface area contributed by atoms with Crippen molar-refractivity contribution in [2.24, 2.45) is 0 Å². The number of hydrogen-bond acceptors (Lipinski definition) is 7. The van der Waals surface area contributed by atoms with Crippen LogP contribution in [0.3, 0.4) is 0 Å². The molecule has 0 aromatic heterocycles. The zero-order valence-electron chi connectivity index (χ0n) is 53.7.